The van der Waals surface area contributed by atoms with Gasteiger partial charge < -0.3 is 0 Å². The average molecular weight is 184 g/mol. The van der Waals surface area contributed by atoms with Gasteiger partial charge in [0.2, 0.25) is 0 Å². The van der Waals surface area contributed by atoms with Crippen molar-refractivity contribution in [2.45, 2.75) is 34.1 Å². The molecular formula is C10H16O3. The molecule has 0 radical (unpaired) electrons. The van der Waals surface area contributed by atoms with Crippen LogP contribution >= 0.6 is 0 Å². The Hall–Kier alpha value is -0.990. The molecule has 0 N–H and O–H groups in total. The number of carbonyl (C=O) groups is 3. The molecule has 0 aromatic carbocycles. The maximum absolute atomic E-state index is 11.3. The number of hydrogen-bond donors (Lipinski definition) is 0. The first-order valence-electron chi connectivity index (χ1n) is 4.39. The average Bonchev–Trinajstić information content (AvgIpc) is 1.97. The van der Waals surface area contributed by atoms with Crippen LogP contribution in [0.2, 0.25) is 0 Å². The lowest BCUT2D eigenvalue weighted by Gasteiger charge is -2.10. The van der Waals surface area contributed by atoms with E-state index in [1.165, 1.54) is 13.8 Å². The third kappa shape index (κ3) is 3.97. The summed E-state index contributed by atoms with van der Waals surface area (Å²) in [5, 5.41) is 0. The van der Waals surface area contributed by atoms with Crippen molar-refractivity contribution in [3.8, 4) is 0 Å². The van der Waals surface area contributed by atoms with Crippen LogP contribution in [0.1, 0.15) is 34.1 Å². The molecule has 0 aliphatic heterocycles. The van der Waals surface area contributed by atoms with E-state index in [2.05, 4.69) is 0 Å². The van der Waals surface area contributed by atoms with Crippen molar-refractivity contribution in [1.82, 2.24) is 0 Å². The van der Waals surface area contributed by atoms with Crippen molar-refractivity contribution >= 4 is 17.3 Å². The lowest BCUT2D eigenvalue weighted by Crippen LogP contribution is -2.24. The fourth-order valence-corrected chi connectivity index (χ4v) is 1.01. The molecule has 0 saturated heterocycles. The van der Waals surface area contributed by atoms with Gasteiger partial charge in [0.15, 0.2) is 0 Å². The lowest BCUT2D eigenvalue weighted by atomic mass is 9.91. The van der Waals surface area contributed by atoms with Gasteiger partial charge in [-0.2, -0.15) is 0 Å². The monoisotopic (exact) mass is 184 g/mol. The van der Waals surface area contributed by atoms with Gasteiger partial charge in [-0.15, -0.1) is 0 Å². The third-order valence-electron chi connectivity index (χ3n) is 2.03. The van der Waals surface area contributed by atoms with Gasteiger partial charge in [0.25, 0.3) is 0 Å². The van der Waals surface area contributed by atoms with E-state index >= 15 is 0 Å². The number of rotatable bonds is 5. The molecule has 0 unspecified atom stereocenters. The molecule has 0 aliphatic carbocycles. The van der Waals surface area contributed by atoms with Crippen molar-refractivity contribution in [3.63, 3.8) is 0 Å². The summed E-state index contributed by atoms with van der Waals surface area (Å²) < 4.78 is 0. The van der Waals surface area contributed by atoms with Crippen molar-refractivity contribution in [2.75, 3.05) is 0 Å². The van der Waals surface area contributed by atoms with Crippen LogP contribution in [0.25, 0.3) is 0 Å². The zero-order valence-corrected chi connectivity index (χ0v) is 8.59. The molecule has 0 heterocycles. The summed E-state index contributed by atoms with van der Waals surface area (Å²) in [4.78, 5) is 33.2. The molecule has 0 amide bonds. The first kappa shape index (κ1) is 12.0. The molecule has 0 rings (SSSR count). The van der Waals surface area contributed by atoms with E-state index in [1.54, 1.807) is 13.8 Å². The van der Waals surface area contributed by atoms with Crippen LogP contribution in [-0.4, -0.2) is 17.3 Å². The van der Waals surface area contributed by atoms with Crippen molar-refractivity contribution in [2.24, 2.45) is 11.8 Å². The molecule has 0 bridgehead atoms. The summed E-state index contributed by atoms with van der Waals surface area (Å²) in [6.07, 6.45) is 0.0579. The summed E-state index contributed by atoms with van der Waals surface area (Å²) in [5.41, 5.74) is 0. The largest absolute Gasteiger partial charge is 0.299 e. The van der Waals surface area contributed by atoms with Crippen LogP contribution in [0.3, 0.4) is 0 Å². The zero-order chi connectivity index (χ0) is 10.6. The molecule has 3 heteroatoms. The summed E-state index contributed by atoms with van der Waals surface area (Å²) in [5.74, 6) is -1.31. The first-order valence-corrected chi connectivity index (χ1v) is 4.39. The lowest BCUT2D eigenvalue weighted by molar-refractivity contribution is -0.135. The Balaban J connectivity index is 4.36. The number of ketones is 3. The van der Waals surface area contributed by atoms with Crippen LogP contribution < -0.4 is 0 Å². The van der Waals surface area contributed by atoms with Crippen LogP contribution in [0, 0.1) is 11.8 Å². The minimum absolute atomic E-state index is 0.0320. The minimum atomic E-state index is -0.727. The van der Waals surface area contributed by atoms with Gasteiger partial charge in [0.05, 0.1) is 5.92 Å². The molecule has 0 aliphatic rings. The SMILES string of the molecule is CC(=O)C(CC(=O)C(C)C)C(C)=O. The van der Waals surface area contributed by atoms with Crippen molar-refractivity contribution < 1.29 is 14.4 Å². The Morgan fingerprint density at radius 3 is 1.62 bits per heavy atom. The second-order valence-corrected chi connectivity index (χ2v) is 3.60. The van der Waals surface area contributed by atoms with E-state index in [9.17, 15) is 14.4 Å². The van der Waals surface area contributed by atoms with Crippen molar-refractivity contribution in [1.29, 1.82) is 0 Å². The molecule has 3 nitrogen and oxygen atoms in total. The Morgan fingerprint density at radius 2 is 1.38 bits per heavy atom. The predicted octanol–water partition coefficient (Wildman–Crippen LogP) is 1.40. The second kappa shape index (κ2) is 4.90. The van der Waals surface area contributed by atoms with Gasteiger partial charge in [0, 0.05) is 12.3 Å². The molecule has 74 valence electrons. The Labute approximate surface area is 78.5 Å². The van der Waals surface area contributed by atoms with Crippen molar-refractivity contribution in [3.05, 3.63) is 0 Å². The fraction of sp³-hybridized carbons (Fsp3) is 0.700. The Kier molecular flexibility index (Phi) is 4.52. The quantitative estimate of drug-likeness (QED) is 0.607. The van der Waals surface area contributed by atoms with E-state index < -0.39 is 5.92 Å². The minimum Gasteiger partial charge on any atom is -0.299 e. The molecule has 0 saturated carbocycles. The van der Waals surface area contributed by atoms with E-state index in [0.717, 1.165) is 0 Å². The number of Topliss-reactive ketones (excluding diaryl/α,β-unsaturated/α-hetero) is 3. The first-order chi connectivity index (χ1) is 5.86. The van der Waals surface area contributed by atoms with Gasteiger partial charge in [-0.1, -0.05) is 13.8 Å². The summed E-state index contributed by atoms with van der Waals surface area (Å²) in [6, 6.07) is 0. The molecule has 13 heavy (non-hydrogen) atoms. The van der Waals surface area contributed by atoms with Gasteiger partial charge in [-0.3, -0.25) is 14.4 Å². The second-order valence-electron chi connectivity index (χ2n) is 3.60. The summed E-state index contributed by atoms with van der Waals surface area (Å²) in [6.45, 7) is 6.22. The molecule has 0 aromatic rings. The highest BCUT2D eigenvalue weighted by molar-refractivity contribution is 6.03. The highest BCUT2D eigenvalue weighted by Crippen LogP contribution is 2.10. The predicted molar refractivity (Wildman–Crippen MR) is 49.3 cm³/mol. The van der Waals surface area contributed by atoms with Gasteiger partial charge in [0.1, 0.15) is 17.3 Å². The molecule has 0 atom stereocenters. The van der Waals surface area contributed by atoms with Gasteiger partial charge in [-0.05, 0) is 13.8 Å². The molecule has 0 fully saturated rings. The fourth-order valence-electron chi connectivity index (χ4n) is 1.01. The molecule has 0 spiro atoms. The topological polar surface area (TPSA) is 51.2 Å². The molecule has 0 aromatic heterocycles. The standard InChI is InChI=1S/C10H16O3/c1-6(2)10(13)5-9(7(3)11)8(4)12/h6,9H,5H2,1-4H3. The van der Waals surface area contributed by atoms with Crippen LogP contribution in [0.15, 0.2) is 0 Å². The van der Waals surface area contributed by atoms with Crippen LogP contribution in [0.4, 0.5) is 0 Å². The van der Waals surface area contributed by atoms with Crippen LogP contribution in [-0.2, 0) is 14.4 Å². The van der Waals surface area contributed by atoms with Gasteiger partial charge in [-0.25, -0.2) is 0 Å². The zero-order valence-electron chi connectivity index (χ0n) is 8.59. The third-order valence-corrected chi connectivity index (χ3v) is 2.03. The normalized spacial score (nSPS) is 10.6. The summed E-state index contributed by atoms with van der Waals surface area (Å²) >= 11 is 0. The maximum atomic E-state index is 11.3. The van der Waals surface area contributed by atoms with Gasteiger partial charge >= 0.3 is 0 Å². The Morgan fingerprint density at radius 1 is 1.00 bits per heavy atom. The smallest absolute Gasteiger partial charge is 0.140 e. The van der Waals surface area contributed by atoms with E-state index in [0.29, 0.717) is 0 Å². The molecular weight excluding hydrogens is 168 g/mol. The number of carbonyl (C=O) groups excluding carboxylic acids is 3. The van der Waals surface area contributed by atoms with Crippen LogP contribution in [0.5, 0.6) is 0 Å². The Bertz CT molecular complexity index is 214. The van der Waals surface area contributed by atoms with E-state index in [-0.39, 0.29) is 29.7 Å². The van der Waals surface area contributed by atoms with E-state index in [4.69, 9.17) is 0 Å². The highest BCUT2D eigenvalue weighted by atomic mass is 16.2. The van der Waals surface area contributed by atoms with E-state index in [1.807, 2.05) is 0 Å². The highest BCUT2D eigenvalue weighted by Gasteiger charge is 2.23. The summed E-state index contributed by atoms with van der Waals surface area (Å²) in [7, 11) is 0. The maximum Gasteiger partial charge on any atom is 0.140 e. The number of hydrogen-bond acceptors (Lipinski definition) is 3.